The van der Waals surface area contributed by atoms with Crippen molar-refractivity contribution in [2.24, 2.45) is 0 Å². The first-order chi connectivity index (χ1) is 18.2. The first kappa shape index (κ1) is 25.1. The van der Waals surface area contributed by atoms with Gasteiger partial charge in [0.1, 0.15) is 0 Å². The van der Waals surface area contributed by atoms with Crippen LogP contribution in [-0.4, -0.2) is 138 Å². The van der Waals surface area contributed by atoms with Gasteiger partial charge in [-0.3, -0.25) is 29.5 Å². The summed E-state index contributed by atoms with van der Waals surface area (Å²) < 4.78 is 21.0. The lowest BCUT2D eigenvalue weighted by Gasteiger charge is -2.56. The van der Waals surface area contributed by atoms with E-state index in [9.17, 15) is 4.57 Å². The molecule has 6 fully saturated rings. The predicted molar refractivity (Wildman–Crippen MR) is 147 cm³/mol. The number of piperazine rings is 2. The molecule has 6 aliphatic rings. The molecule has 6 saturated heterocycles. The Balaban J connectivity index is 0.977. The van der Waals surface area contributed by atoms with E-state index in [-0.39, 0.29) is 0 Å². The SMILES string of the molecule is O=P12N3CCCN1CCN2CCCN(Cc1ccc(CN2CCN4CCCN5CCN[C@H]2[C@H]54)cc1)CC3. The molecule has 7 rings (SSSR count). The van der Waals surface area contributed by atoms with E-state index >= 15 is 0 Å². The van der Waals surface area contributed by atoms with Crippen molar-refractivity contribution in [2.45, 2.75) is 44.7 Å². The number of hydrogen-bond donors (Lipinski definition) is 1. The Morgan fingerprint density at radius 1 is 0.649 bits per heavy atom. The highest BCUT2D eigenvalue weighted by molar-refractivity contribution is 7.56. The number of rotatable bonds is 4. The summed E-state index contributed by atoms with van der Waals surface area (Å²) in [4.78, 5) is 10.7. The van der Waals surface area contributed by atoms with Gasteiger partial charge < -0.3 is 0 Å². The fourth-order valence-corrected chi connectivity index (χ4v) is 11.1. The molecule has 0 radical (unpaired) electrons. The second kappa shape index (κ2) is 10.6. The van der Waals surface area contributed by atoms with E-state index in [2.05, 4.69) is 63.2 Å². The quantitative estimate of drug-likeness (QED) is 0.585. The molecular weight excluding hydrogens is 483 g/mol. The molecule has 1 N–H and O–H groups in total. The van der Waals surface area contributed by atoms with Gasteiger partial charge in [0.15, 0.2) is 0 Å². The minimum absolute atomic E-state index is 0.445. The van der Waals surface area contributed by atoms with Crippen molar-refractivity contribution in [3.63, 3.8) is 0 Å². The summed E-state index contributed by atoms with van der Waals surface area (Å²) in [6, 6.07) is 9.41. The van der Waals surface area contributed by atoms with Gasteiger partial charge >= 0.3 is 0 Å². The fraction of sp³-hybridized carbons (Fsp3) is 0.778. The zero-order chi connectivity index (χ0) is 24.8. The van der Waals surface area contributed by atoms with Crippen molar-refractivity contribution >= 4 is 7.59 Å². The van der Waals surface area contributed by atoms with Crippen LogP contribution in [0.1, 0.15) is 30.4 Å². The average Bonchev–Trinajstić information content (AvgIpc) is 3.28. The summed E-state index contributed by atoms with van der Waals surface area (Å²) in [7, 11) is -2.48. The molecule has 3 atom stereocenters. The Morgan fingerprint density at radius 3 is 1.97 bits per heavy atom. The van der Waals surface area contributed by atoms with Crippen LogP contribution >= 0.6 is 7.59 Å². The smallest absolute Gasteiger partial charge is 0.287 e. The molecule has 0 saturated carbocycles. The summed E-state index contributed by atoms with van der Waals surface area (Å²) in [6.45, 7) is 17.0. The number of hydrogen-bond acceptors (Lipinski definition) is 6. The summed E-state index contributed by atoms with van der Waals surface area (Å²) >= 11 is 0. The van der Waals surface area contributed by atoms with E-state index in [1.54, 1.807) is 0 Å². The highest BCUT2D eigenvalue weighted by Crippen LogP contribution is 2.61. The van der Waals surface area contributed by atoms with Crippen molar-refractivity contribution in [3.8, 4) is 0 Å². The van der Waals surface area contributed by atoms with Crippen molar-refractivity contribution in [1.82, 2.24) is 38.9 Å². The van der Waals surface area contributed by atoms with Gasteiger partial charge in [-0.1, -0.05) is 24.3 Å². The Labute approximate surface area is 222 Å². The molecule has 9 nitrogen and oxygen atoms in total. The van der Waals surface area contributed by atoms with E-state index in [0.29, 0.717) is 12.3 Å². The van der Waals surface area contributed by atoms with Crippen LogP contribution in [0.5, 0.6) is 0 Å². The van der Waals surface area contributed by atoms with Gasteiger partial charge in [0.2, 0.25) is 0 Å². The maximum atomic E-state index is 14.0. The molecule has 0 aliphatic carbocycles. The van der Waals surface area contributed by atoms with E-state index in [0.717, 1.165) is 91.4 Å². The monoisotopic (exact) mass is 528 g/mol. The molecule has 1 unspecified atom stereocenters. The molecule has 1 aromatic rings. The first-order valence-electron chi connectivity index (χ1n) is 14.8. The molecule has 0 spiro atoms. The molecule has 1 aromatic carbocycles. The van der Waals surface area contributed by atoms with Crippen LogP contribution in [0.15, 0.2) is 24.3 Å². The summed E-state index contributed by atoms with van der Waals surface area (Å²) in [5.41, 5.74) is 2.82. The lowest BCUT2D eigenvalue weighted by atomic mass is 10.0. The van der Waals surface area contributed by atoms with Crippen LogP contribution in [0.3, 0.4) is 0 Å². The normalized spacial score (nSPS) is 35.5. The van der Waals surface area contributed by atoms with Gasteiger partial charge in [0.05, 0.1) is 12.3 Å². The van der Waals surface area contributed by atoms with Gasteiger partial charge in [-0.2, -0.15) is 0 Å². The van der Waals surface area contributed by atoms with Crippen LogP contribution in [-0.2, 0) is 17.7 Å². The minimum Gasteiger partial charge on any atom is -0.298 e. The standard InChI is InChI=1S/C27H45N8OP/c36-37-33-13-3-14-35(37)21-20-34(37)12-1-9-29(16-19-33)22-24-4-6-25(7-5-24)23-32-18-17-31-11-2-10-30-15-8-28-26(32)27(30)31/h4-7,26-28H,1-3,8-23H2/t26-,27-,37?/m1/s1. The van der Waals surface area contributed by atoms with Crippen LogP contribution in [0.25, 0.3) is 0 Å². The largest absolute Gasteiger partial charge is 0.298 e. The first-order valence-corrected chi connectivity index (χ1v) is 16.4. The van der Waals surface area contributed by atoms with Crippen LogP contribution in [0.2, 0.25) is 0 Å². The van der Waals surface area contributed by atoms with Crippen LogP contribution in [0, 0.1) is 0 Å². The van der Waals surface area contributed by atoms with E-state index in [4.69, 9.17) is 0 Å². The summed E-state index contributed by atoms with van der Waals surface area (Å²) in [5, 5.41) is 3.84. The van der Waals surface area contributed by atoms with E-state index < -0.39 is 7.59 Å². The van der Waals surface area contributed by atoms with Crippen molar-refractivity contribution < 1.29 is 4.57 Å². The highest BCUT2D eigenvalue weighted by Gasteiger charge is 2.49. The predicted octanol–water partition coefficient (Wildman–Crippen LogP) is 1.40. The molecule has 6 heterocycles. The van der Waals surface area contributed by atoms with Crippen molar-refractivity contribution in [1.29, 1.82) is 0 Å². The molecule has 0 amide bonds. The molecule has 0 aromatic heterocycles. The number of nitrogens with one attached hydrogen (secondary N) is 1. The van der Waals surface area contributed by atoms with E-state index in [1.165, 1.54) is 43.7 Å². The molecule has 37 heavy (non-hydrogen) atoms. The van der Waals surface area contributed by atoms with Crippen molar-refractivity contribution in [3.05, 3.63) is 35.4 Å². The second-order valence-electron chi connectivity index (χ2n) is 11.9. The zero-order valence-corrected chi connectivity index (χ0v) is 23.3. The molecule has 10 heteroatoms. The number of benzene rings is 1. The Morgan fingerprint density at radius 2 is 1.24 bits per heavy atom. The molecule has 204 valence electrons. The van der Waals surface area contributed by atoms with Gasteiger partial charge in [0, 0.05) is 98.2 Å². The lowest BCUT2D eigenvalue weighted by Crippen LogP contribution is -2.74. The summed E-state index contributed by atoms with van der Waals surface area (Å²) in [5.74, 6) is 0. The van der Waals surface area contributed by atoms with Gasteiger partial charge in [-0.25, -0.2) is 14.0 Å². The van der Waals surface area contributed by atoms with E-state index in [1.807, 2.05) is 0 Å². The van der Waals surface area contributed by atoms with Gasteiger partial charge in [0.25, 0.3) is 7.59 Å². The Hall–Kier alpha value is -0.870. The maximum Gasteiger partial charge on any atom is 0.287 e. The average molecular weight is 529 g/mol. The zero-order valence-electron chi connectivity index (χ0n) is 22.4. The van der Waals surface area contributed by atoms with Crippen LogP contribution < -0.4 is 5.32 Å². The summed E-state index contributed by atoms with van der Waals surface area (Å²) in [6.07, 6.45) is 4.55. The molecule has 0 bridgehead atoms. The third kappa shape index (κ3) is 4.75. The third-order valence-corrected chi connectivity index (χ3v) is 13.1. The molecule has 6 aliphatic heterocycles. The maximum absolute atomic E-state index is 14.0. The Kier molecular flexibility index (Phi) is 7.20. The third-order valence-electron chi connectivity index (χ3n) is 9.68. The molecular formula is C27H45N8OP. The Bertz CT molecular complexity index is 984. The highest BCUT2D eigenvalue weighted by atomic mass is 31.2. The second-order valence-corrected chi connectivity index (χ2v) is 14.6. The van der Waals surface area contributed by atoms with Gasteiger partial charge in [-0.15, -0.1) is 0 Å². The lowest BCUT2D eigenvalue weighted by molar-refractivity contribution is -0.117. The number of nitrogens with zero attached hydrogens (tertiary/aromatic N) is 7. The fourth-order valence-electron chi connectivity index (χ4n) is 7.78. The van der Waals surface area contributed by atoms with Crippen LogP contribution in [0.4, 0.5) is 0 Å². The van der Waals surface area contributed by atoms with Crippen molar-refractivity contribution in [2.75, 3.05) is 91.6 Å². The topological polar surface area (TPSA) is 51.8 Å². The van der Waals surface area contributed by atoms with Gasteiger partial charge in [-0.05, 0) is 36.9 Å². The minimum atomic E-state index is -2.48.